The summed E-state index contributed by atoms with van der Waals surface area (Å²) in [5.74, 6) is -0.385. The van der Waals surface area contributed by atoms with Gasteiger partial charge in [0.25, 0.3) is 0 Å². The van der Waals surface area contributed by atoms with Gasteiger partial charge in [-0.3, -0.25) is 14.5 Å². The third-order valence-corrected chi connectivity index (χ3v) is 4.02. The highest BCUT2D eigenvalue weighted by molar-refractivity contribution is 5.84. The van der Waals surface area contributed by atoms with Gasteiger partial charge in [-0.05, 0) is 38.8 Å². The topological polar surface area (TPSA) is 82.8 Å². The van der Waals surface area contributed by atoms with E-state index in [1.807, 2.05) is 0 Å². The molecule has 110 valence electrons. The van der Waals surface area contributed by atoms with Crippen LogP contribution in [-0.2, 0) is 16.1 Å². The second-order valence-electron chi connectivity index (χ2n) is 5.35. The van der Waals surface area contributed by atoms with Crippen LogP contribution in [0.2, 0.25) is 0 Å². The van der Waals surface area contributed by atoms with Crippen LogP contribution < -0.4 is 5.32 Å². The minimum absolute atomic E-state index is 0.184. The summed E-state index contributed by atoms with van der Waals surface area (Å²) >= 11 is 0. The average molecular weight is 280 g/mol. The van der Waals surface area contributed by atoms with Crippen LogP contribution in [0.1, 0.15) is 32.4 Å². The number of hydrogen-bond donors (Lipinski definition) is 2. The summed E-state index contributed by atoms with van der Waals surface area (Å²) < 4.78 is 5.15. The lowest BCUT2D eigenvalue weighted by molar-refractivity contribution is -0.151. The number of nitrogens with one attached hydrogen (secondary N) is 1. The molecule has 1 aliphatic heterocycles. The van der Waals surface area contributed by atoms with Crippen LogP contribution in [-0.4, -0.2) is 40.0 Å². The summed E-state index contributed by atoms with van der Waals surface area (Å²) in [7, 11) is 0. The Balaban J connectivity index is 1.97. The van der Waals surface area contributed by atoms with Crippen LogP contribution in [0.15, 0.2) is 22.8 Å². The van der Waals surface area contributed by atoms with Crippen molar-refractivity contribution in [1.82, 2.24) is 10.2 Å². The Morgan fingerprint density at radius 2 is 2.35 bits per heavy atom. The molecule has 2 rings (SSSR count). The number of hydrogen-bond acceptors (Lipinski definition) is 4. The molecule has 20 heavy (non-hydrogen) atoms. The molecule has 0 aliphatic carbocycles. The SMILES string of the molecule is CC(C(=O)NCc1ccco1)N1CCCC1(C)C(=O)O. The lowest BCUT2D eigenvalue weighted by Crippen LogP contribution is -2.56. The van der Waals surface area contributed by atoms with Crippen molar-refractivity contribution >= 4 is 11.9 Å². The molecule has 0 bridgehead atoms. The summed E-state index contributed by atoms with van der Waals surface area (Å²) in [6, 6.07) is 3.06. The Labute approximate surface area is 117 Å². The molecule has 2 unspecified atom stereocenters. The van der Waals surface area contributed by atoms with Crippen molar-refractivity contribution in [1.29, 1.82) is 0 Å². The van der Waals surface area contributed by atoms with E-state index < -0.39 is 17.6 Å². The van der Waals surface area contributed by atoms with Crippen LogP contribution in [0.5, 0.6) is 0 Å². The number of carboxylic acids is 1. The highest BCUT2D eigenvalue weighted by atomic mass is 16.4. The van der Waals surface area contributed by atoms with Crippen molar-refractivity contribution < 1.29 is 19.1 Å². The van der Waals surface area contributed by atoms with Crippen LogP contribution in [0, 0.1) is 0 Å². The Bertz CT molecular complexity index is 485. The summed E-state index contributed by atoms with van der Waals surface area (Å²) in [4.78, 5) is 25.3. The zero-order valence-electron chi connectivity index (χ0n) is 11.8. The molecule has 2 atom stereocenters. The molecular weight excluding hydrogens is 260 g/mol. The van der Waals surface area contributed by atoms with Gasteiger partial charge in [-0.1, -0.05) is 0 Å². The molecule has 0 spiro atoms. The van der Waals surface area contributed by atoms with Crippen molar-refractivity contribution in [2.75, 3.05) is 6.54 Å². The quantitative estimate of drug-likeness (QED) is 0.847. The first-order valence-electron chi connectivity index (χ1n) is 6.75. The van der Waals surface area contributed by atoms with E-state index in [-0.39, 0.29) is 5.91 Å². The molecule has 1 fully saturated rings. The standard InChI is InChI=1S/C14H20N2O4/c1-10(12(17)15-9-11-5-3-8-20-11)16-7-4-6-14(16,2)13(18)19/h3,5,8,10H,4,6-7,9H2,1-2H3,(H,15,17)(H,18,19). The van der Waals surface area contributed by atoms with E-state index in [1.165, 1.54) is 0 Å². The smallest absolute Gasteiger partial charge is 0.323 e. The van der Waals surface area contributed by atoms with Crippen molar-refractivity contribution in [3.63, 3.8) is 0 Å². The van der Waals surface area contributed by atoms with E-state index in [1.54, 1.807) is 37.1 Å². The fourth-order valence-electron chi connectivity index (χ4n) is 2.71. The van der Waals surface area contributed by atoms with Crippen LogP contribution in [0.25, 0.3) is 0 Å². The first kappa shape index (κ1) is 14.6. The highest BCUT2D eigenvalue weighted by Crippen LogP contribution is 2.31. The minimum Gasteiger partial charge on any atom is -0.480 e. The van der Waals surface area contributed by atoms with Gasteiger partial charge in [0.2, 0.25) is 5.91 Å². The summed E-state index contributed by atoms with van der Waals surface area (Å²) in [5.41, 5.74) is -0.957. The molecule has 6 nitrogen and oxygen atoms in total. The molecule has 2 N–H and O–H groups in total. The number of furan rings is 1. The fraction of sp³-hybridized carbons (Fsp3) is 0.571. The van der Waals surface area contributed by atoms with Gasteiger partial charge in [-0.25, -0.2) is 0 Å². The predicted octanol–water partition coefficient (Wildman–Crippen LogP) is 1.22. The Hall–Kier alpha value is -1.82. The Morgan fingerprint density at radius 1 is 1.60 bits per heavy atom. The second-order valence-corrected chi connectivity index (χ2v) is 5.35. The number of likely N-dealkylation sites (tertiary alicyclic amines) is 1. The number of aliphatic carboxylic acids is 1. The molecule has 1 saturated heterocycles. The molecule has 1 aromatic heterocycles. The number of amides is 1. The normalized spacial score (nSPS) is 24.5. The summed E-state index contributed by atoms with van der Waals surface area (Å²) in [6.45, 7) is 4.36. The number of carbonyl (C=O) groups is 2. The van der Waals surface area contributed by atoms with Gasteiger partial charge in [0.15, 0.2) is 0 Å². The summed E-state index contributed by atoms with van der Waals surface area (Å²) in [6.07, 6.45) is 2.91. The number of rotatable bonds is 5. The molecule has 0 saturated carbocycles. The molecule has 2 heterocycles. The zero-order chi connectivity index (χ0) is 14.8. The fourth-order valence-corrected chi connectivity index (χ4v) is 2.71. The lowest BCUT2D eigenvalue weighted by atomic mass is 9.98. The molecular formula is C14H20N2O4. The maximum atomic E-state index is 12.1. The molecule has 6 heteroatoms. The molecule has 1 amide bonds. The maximum absolute atomic E-state index is 12.1. The minimum atomic E-state index is -0.957. The van der Waals surface area contributed by atoms with Crippen molar-refractivity contribution in [3.8, 4) is 0 Å². The largest absolute Gasteiger partial charge is 0.480 e. The Morgan fingerprint density at radius 3 is 2.95 bits per heavy atom. The van der Waals surface area contributed by atoms with Crippen LogP contribution >= 0.6 is 0 Å². The van der Waals surface area contributed by atoms with Gasteiger partial charge >= 0.3 is 5.97 Å². The number of nitrogens with zero attached hydrogens (tertiary/aromatic N) is 1. The zero-order valence-corrected chi connectivity index (χ0v) is 11.8. The molecule has 1 aromatic rings. The molecule has 0 radical (unpaired) electrons. The van der Waals surface area contributed by atoms with Crippen molar-refractivity contribution in [2.24, 2.45) is 0 Å². The van der Waals surface area contributed by atoms with E-state index in [0.717, 1.165) is 6.42 Å². The van der Waals surface area contributed by atoms with Crippen LogP contribution in [0.4, 0.5) is 0 Å². The van der Waals surface area contributed by atoms with Crippen LogP contribution in [0.3, 0.4) is 0 Å². The maximum Gasteiger partial charge on any atom is 0.323 e. The predicted molar refractivity (Wildman–Crippen MR) is 72.0 cm³/mol. The first-order valence-corrected chi connectivity index (χ1v) is 6.75. The van der Waals surface area contributed by atoms with E-state index in [9.17, 15) is 14.7 Å². The lowest BCUT2D eigenvalue weighted by Gasteiger charge is -2.35. The van der Waals surface area contributed by atoms with Gasteiger partial charge in [0.05, 0.1) is 18.8 Å². The average Bonchev–Trinajstić information content (AvgIpc) is 3.05. The van der Waals surface area contributed by atoms with E-state index in [2.05, 4.69) is 5.32 Å². The van der Waals surface area contributed by atoms with Gasteiger partial charge in [0.1, 0.15) is 11.3 Å². The summed E-state index contributed by atoms with van der Waals surface area (Å²) in [5, 5.41) is 12.1. The first-order chi connectivity index (χ1) is 9.45. The van der Waals surface area contributed by atoms with Crippen molar-refractivity contribution in [2.45, 2.75) is 44.8 Å². The molecule has 0 aromatic carbocycles. The third kappa shape index (κ3) is 2.70. The molecule has 1 aliphatic rings. The third-order valence-electron chi connectivity index (χ3n) is 4.02. The van der Waals surface area contributed by atoms with Gasteiger partial charge < -0.3 is 14.8 Å². The van der Waals surface area contributed by atoms with E-state index >= 15 is 0 Å². The van der Waals surface area contributed by atoms with Gasteiger partial charge in [-0.15, -0.1) is 0 Å². The van der Waals surface area contributed by atoms with E-state index in [4.69, 9.17) is 4.42 Å². The monoisotopic (exact) mass is 280 g/mol. The van der Waals surface area contributed by atoms with Gasteiger partial charge in [0, 0.05) is 6.54 Å². The van der Waals surface area contributed by atoms with E-state index in [0.29, 0.717) is 25.3 Å². The number of carbonyl (C=O) groups excluding carboxylic acids is 1. The second kappa shape index (κ2) is 5.66. The highest BCUT2D eigenvalue weighted by Gasteiger charge is 2.46. The van der Waals surface area contributed by atoms with Gasteiger partial charge in [-0.2, -0.15) is 0 Å². The Kier molecular flexibility index (Phi) is 4.13. The van der Waals surface area contributed by atoms with Crippen molar-refractivity contribution in [3.05, 3.63) is 24.2 Å². The number of carboxylic acid groups (broad SMARTS) is 1.